The maximum Gasteiger partial charge on any atom is 0.433 e. The van der Waals surface area contributed by atoms with Gasteiger partial charge in [-0.1, -0.05) is 25.4 Å². The topological polar surface area (TPSA) is 65.7 Å². The molecule has 0 saturated carbocycles. The largest absolute Gasteiger partial charge is 0.442 e. The lowest BCUT2D eigenvalue weighted by Gasteiger charge is -2.17. The minimum atomic E-state index is -5.33. The van der Waals surface area contributed by atoms with E-state index in [0.717, 1.165) is 4.57 Å². The van der Waals surface area contributed by atoms with E-state index in [4.69, 9.17) is 21.1 Å². The third-order valence-electron chi connectivity index (χ3n) is 4.38. The Labute approximate surface area is 202 Å². The van der Waals surface area contributed by atoms with Gasteiger partial charge < -0.3 is 9.47 Å². The molecule has 0 aliphatic carbocycles. The fourth-order valence-electron chi connectivity index (χ4n) is 2.62. The van der Waals surface area contributed by atoms with Crippen molar-refractivity contribution in [3.8, 4) is 5.88 Å². The van der Waals surface area contributed by atoms with E-state index in [1.165, 1.54) is 20.8 Å². The fraction of sp³-hybridized carbons (Fsp3) is 0.450. The molecule has 0 N–H and O–H groups in total. The molecule has 1 aromatic heterocycles. The zero-order valence-corrected chi connectivity index (χ0v) is 19.3. The summed E-state index contributed by atoms with van der Waals surface area (Å²) in [7, 11) is 0. The van der Waals surface area contributed by atoms with Crippen molar-refractivity contribution in [2.24, 2.45) is 10.9 Å². The van der Waals surface area contributed by atoms with E-state index < -0.39 is 76.2 Å². The van der Waals surface area contributed by atoms with E-state index in [1.807, 2.05) is 0 Å². The number of aromatic nitrogens is 2. The van der Waals surface area contributed by atoms with Crippen LogP contribution in [0, 0.1) is 5.92 Å². The molecule has 2 rings (SSSR count). The fourth-order valence-corrected chi connectivity index (χ4v) is 2.88. The van der Waals surface area contributed by atoms with Gasteiger partial charge >= 0.3 is 24.5 Å². The smallest absolute Gasteiger partial charge is 0.433 e. The Morgan fingerprint density at radius 3 is 2.11 bits per heavy atom. The Kier molecular flexibility index (Phi) is 8.59. The number of ether oxygens (including phenoxy) is 2. The van der Waals surface area contributed by atoms with E-state index in [1.54, 1.807) is 0 Å². The molecule has 36 heavy (non-hydrogen) atoms. The van der Waals surface area contributed by atoms with E-state index in [2.05, 4.69) is 9.98 Å². The van der Waals surface area contributed by atoms with Gasteiger partial charge in [-0.15, -0.1) is 0 Å². The van der Waals surface area contributed by atoms with Crippen molar-refractivity contribution in [3.63, 3.8) is 0 Å². The number of esters is 1. The lowest BCUT2D eigenvalue weighted by molar-refractivity contribution is -0.154. The molecule has 0 spiro atoms. The van der Waals surface area contributed by atoms with Crippen LogP contribution in [0.25, 0.3) is 0 Å². The lowest BCUT2D eigenvalue weighted by atomic mass is 10.1. The van der Waals surface area contributed by atoms with E-state index in [0.29, 0.717) is 6.07 Å². The van der Waals surface area contributed by atoms with Gasteiger partial charge in [-0.3, -0.25) is 9.36 Å². The molecular weight excluding hydrogens is 537 g/mol. The highest BCUT2D eigenvalue weighted by Gasteiger charge is 2.39. The molecule has 16 heteroatoms. The van der Waals surface area contributed by atoms with E-state index in [9.17, 15) is 44.3 Å². The minimum Gasteiger partial charge on any atom is -0.442 e. The zero-order valence-electron chi connectivity index (χ0n) is 18.6. The molecule has 6 nitrogen and oxygen atoms in total. The van der Waals surface area contributed by atoms with E-state index in [-0.39, 0.29) is 18.7 Å². The molecule has 0 aliphatic rings. The van der Waals surface area contributed by atoms with Crippen LogP contribution in [0.4, 0.5) is 45.2 Å². The molecule has 200 valence electrons. The Morgan fingerprint density at radius 1 is 1.03 bits per heavy atom. The highest BCUT2D eigenvalue weighted by Crippen LogP contribution is 2.43. The predicted octanol–water partition coefficient (Wildman–Crippen LogP) is 6.38. The summed E-state index contributed by atoms with van der Waals surface area (Å²) < 4.78 is 130. The van der Waals surface area contributed by atoms with Crippen LogP contribution >= 0.6 is 11.6 Å². The Hall–Kier alpha value is -2.97. The summed E-state index contributed by atoms with van der Waals surface area (Å²) >= 11 is 5.65. The van der Waals surface area contributed by atoms with Crippen molar-refractivity contribution in [1.82, 2.24) is 9.55 Å². The predicted molar refractivity (Wildman–Crippen MR) is 106 cm³/mol. The van der Waals surface area contributed by atoms with Gasteiger partial charge in [-0.05, 0) is 19.1 Å². The van der Waals surface area contributed by atoms with Crippen molar-refractivity contribution in [1.29, 1.82) is 0 Å². The monoisotopic (exact) mass is 553 g/mol. The minimum absolute atomic E-state index is 0.143. The first-order valence-electron chi connectivity index (χ1n) is 9.87. The maximum absolute atomic E-state index is 13.4. The van der Waals surface area contributed by atoms with Crippen LogP contribution in [0.2, 0.25) is 5.02 Å². The molecule has 1 aromatic carbocycles. The second-order valence-electron chi connectivity index (χ2n) is 7.37. The standard InChI is InChI=1S/C20H17ClF9N3O3/c1-4-33-14(35-8-36-16(34)9(2)3)7-13(20(28,29)30)32-17(33)31-12-6-10(18(22,23)24)5-11(15(12)21)19(25,26)27/h5-7,9H,4,8H2,1-3H3. The molecule has 0 atom stereocenters. The molecule has 2 aromatic rings. The second-order valence-corrected chi connectivity index (χ2v) is 7.74. The summed E-state index contributed by atoms with van der Waals surface area (Å²) in [5.41, 5.74) is -7.41. The molecule has 0 bridgehead atoms. The average molecular weight is 554 g/mol. The Morgan fingerprint density at radius 2 is 1.64 bits per heavy atom. The van der Waals surface area contributed by atoms with Gasteiger partial charge in [0, 0.05) is 12.6 Å². The van der Waals surface area contributed by atoms with Crippen molar-refractivity contribution in [3.05, 3.63) is 45.7 Å². The van der Waals surface area contributed by atoms with Crippen LogP contribution in [0.15, 0.2) is 23.2 Å². The van der Waals surface area contributed by atoms with Crippen molar-refractivity contribution in [2.75, 3.05) is 6.79 Å². The summed E-state index contributed by atoms with van der Waals surface area (Å²) in [6.45, 7) is 3.22. The van der Waals surface area contributed by atoms with Crippen molar-refractivity contribution in [2.45, 2.75) is 45.8 Å². The molecule has 0 amide bonds. The number of alkyl halides is 9. The number of carbonyl (C=O) groups excluding carboxylic acids is 1. The van der Waals surface area contributed by atoms with Gasteiger partial charge in [0.05, 0.1) is 27.8 Å². The number of hydrogen-bond acceptors (Lipinski definition) is 5. The number of carbonyl (C=O) groups is 1. The number of benzene rings is 1. The highest BCUT2D eigenvalue weighted by atomic mass is 35.5. The second kappa shape index (κ2) is 10.6. The summed E-state index contributed by atoms with van der Waals surface area (Å²) in [5.74, 6) is -1.97. The van der Waals surface area contributed by atoms with Gasteiger partial charge in [0.15, 0.2) is 5.69 Å². The normalized spacial score (nSPS) is 13.3. The number of halogens is 10. The van der Waals surface area contributed by atoms with E-state index >= 15 is 0 Å². The van der Waals surface area contributed by atoms with Gasteiger partial charge in [-0.25, -0.2) is 9.98 Å². The number of hydrogen-bond donors (Lipinski definition) is 0. The average Bonchev–Trinajstić information content (AvgIpc) is 2.72. The highest BCUT2D eigenvalue weighted by molar-refractivity contribution is 6.33. The third kappa shape index (κ3) is 7.04. The Bertz CT molecular complexity index is 1190. The molecule has 0 fully saturated rings. The first kappa shape index (κ1) is 29.3. The van der Waals surface area contributed by atoms with Gasteiger partial charge in [0.2, 0.25) is 18.3 Å². The van der Waals surface area contributed by atoms with Crippen LogP contribution in [-0.2, 0) is 34.6 Å². The summed E-state index contributed by atoms with van der Waals surface area (Å²) in [4.78, 5) is 18.3. The van der Waals surface area contributed by atoms with Crippen molar-refractivity contribution < 1.29 is 53.8 Å². The molecule has 0 aliphatic heterocycles. The quantitative estimate of drug-likeness (QED) is 0.237. The lowest BCUT2D eigenvalue weighted by Crippen LogP contribution is -2.29. The van der Waals surface area contributed by atoms with Crippen LogP contribution in [0.3, 0.4) is 0 Å². The van der Waals surface area contributed by atoms with Gasteiger partial charge in [0.25, 0.3) is 0 Å². The van der Waals surface area contributed by atoms with Crippen LogP contribution in [0.1, 0.15) is 37.6 Å². The summed E-state index contributed by atoms with van der Waals surface area (Å²) in [5, 5.41) is -1.29. The summed E-state index contributed by atoms with van der Waals surface area (Å²) in [6, 6.07) is 0.303. The molecular formula is C20H17ClF9N3O3. The molecule has 0 saturated heterocycles. The van der Waals surface area contributed by atoms with Gasteiger partial charge in [-0.2, -0.15) is 39.5 Å². The van der Waals surface area contributed by atoms with Gasteiger partial charge in [0.1, 0.15) is 0 Å². The third-order valence-corrected chi connectivity index (χ3v) is 4.78. The Balaban J connectivity index is 2.80. The zero-order chi connectivity index (χ0) is 27.6. The maximum atomic E-state index is 13.4. The first-order valence-corrected chi connectivity index (χ1v) is 10.2. The summed E-state index contributed by atoms with van der Waals surface area (Å²) in [6.07, 6.45) is -15.7. The van der Waals surface area contributed by atoms with Crippen molar-refractivity contribution >= 4 is 23.3 Å². The van der Waals surface area contributed by atoms with Crippen LogP contribution in [0.5, 0.6) is 5.88 Å². The first-order chi connectivity index (χ1) is 16.4. The van der Waals surface area contributed by atoms with Crippen LogP contribution < -0.4 is 10.4 Å². The van der Waals surface area contributed by atoms with Crippen LogP contribution in [-0.4, -0.2) is 22.3 Å². The SMILES string of the molecule is CCn1c(OCOC(=O)C(C)C)cc(C(F)(F)F)nc1=Nc1cc(C(F)(F)F)cc(C(F)(F)F)c1Cl. The molecule has 0 unspecified atom stereocenters. The molecule has 0 radical (unpaired) electrons. The number of nitrogens with zero attached hydrogens (tertiary/aromatic N) is 3. The number of rotatable bonds is 6. The molecule has 1 heterocycles.